The molecule has 4 rings (SSSR count). The standard InChI is InChI=1S/C16H18N6O2S/c23-15(8-13-10-22-3-6-25-16(22)20-13)17-9-12-7-14(19-11-18-12)21-1-4-24-5-2-21/h3,6-7,10-11H,1-2,4-5,8-9H2,(H,17,23). The van der Waals surface area contributed by atoms with Crippen LogP contribution in [0.1, 0.15) is 11.4 Å². The quantitative estimate of drug-likeness (QED) is 0.729. The summed E-state index contributed by atoms with van der Waals surface area (Å²) in [6.07, 6.45) is 5.61. The summed E-state index contributed by atoms with van der Waals surface area (Å²) in [6.45, 7) is 3.43. The summed E-state index contributed by atoms with van der Waals surface area (Å²) in [5, 5.41) is 4.86. The Hall–Kier alpha value is -2.52. The number of nitrogens with zero attached hydrogens (tertiary/aromatic N) is 5. The fraction of sp³-hybridized carbons (Fsp3) is 0.375. The molecule has 1 amide bonds. The Labute approximate surface area is 148 Å². The van der Waals surface area contributed by atoms with Gasteiger partial charge in [-0.25, -0.2) is 15.0 Å². The highest BCUT2D eigenvalue weighted by atomic mass is 32.1. The first-order chi connectivity index (χ1) is 12.3. The van der Waals surface area contributed by atoms with E-state index in [1.165, 1.54) is 6.33 Å². The zero-order valence-corrected chi connectivity index (χ0v) is 14.4. The van der Waals surface area contributed by atoms with Gasteiger partial charge < -0.3 is 15.0 Å². The van der Waals surface area contributed by atoms with Gasteiger partial charge in [0.25, 0.3) is 0 Å². The molecule has 0 spiro atoms. The molecule has 0 aromatic carbocycles. The van der Waals surface area contributed by atoms with Crippen LogP contribution in [0.3, 0.4) is 0 Å². The van der Waals surface area contributed by atoms with Crippen LogP contribution in [0.2, 0.25) is 0 Å². The second kappa shape index (κ2) is 7.16. The number of carbonyl (C=O) groups is 1. The van der Waals surface area contributed by atoms with E-state index in [-0.39, 0.29) is 12.3 Å². The molecular weight excluding hydrogens is 340 g/mol. The van der Waals surface area contributed by atoms with E-state index in [1.54, 1.807) is 11.3 Å². The van der Waals surface area contributed by atoms with Crippen molar-refractivity contribution >= 4 is 28.0 Å². The highest BCUT2D eigenvalue weighted by molar-refractivity contribution is 7.15. The molecule has 8 nitrogen and oxygen atoms in total. The first-order valence-electron chi connectivity index (χ1n) is 8.09. The maximum absolute atomic E-state index is 12.1. The molecule has 4 heterocycles. The minimum atomic E-state index is -0.0720. The third-order valence-corrected chi connectivity index (χ3v) is 4.77. The minimum Gasteiger partial charge on any atom is -0.378 e. The van der Waals surface area contributed by atoms with Gasteiger partial charge in [-0.05, 0) is 0 Å². The molecule has 0 bridgehead atoms. The number of amides is 1. The highest BCUT2D eigenvalue weighted by Gasteiger charge is 2.13. The third kappa shape index (κ3) is 3.77. The van der Waals surface area contributed by atoms with Crippen LogP contribution < -0.4 is 10.2 Å². The van der Waals surface area contributed by atoms with Gasteiger partial charge in [0.15, 0.2) is 4.96 Å². The van der Waals surface area contributed by atoms with E-state index in [0.29, 0.717) is 19.8 Å². The Balaban J connectivity index is 1.34. The Bertz CT molecular complexity index is 842. The van der Waals surface area contributed by atoms with Crippen LogP contribution in [-0.4, -0.2) is 51.6 Å². The van der Waals surface area contributed by atoms with Crippen molar-refractivity contribution in [3.8, 4) is 0 Å². The molecule has 1 fully saturated rings. The van der Waals surface area contributed by atoms with Crippen LogP contribution in [0.5, 0.6) is 0 Å². The van der Waals surface area contributed by atoms with E-state index in [2.05, 4.69) is 25.2 Å². The number of nitrogens with one attached hydrogen (secondary N) is 1. The second-order valence-corrected chi connectivity index (χ2v) is 6.62. The summed E-state index contributed by atoms with van der Waals surface area (Å²) >= 11 is 1.55. The Morgan fingerprint density at radius 3 is 3.00 bits per heavy atom. The van der Waals surface area contributed by atoms with E-state index in [0.717, 1.165) is 35.3 Å². The topological polar surface area (TPSA) is 84.7 Å². The van der Waals surface area contributed by atoms with Gasteiger partial charge in [-0.2, -0.15) is 0 Å². The second-order valence-electron chi connectivity index (χ2n) is 5.75. The summed E-state index contributed by atoms with van der Waals surface area (Å²) in [4.78, 5) is 28.2. The van der Waals surface area contributed by atoms with Crippen LogP contribution in [-0.2, 0) is 22.5 Å². The molecule has 1 aliphatic heterocycles. The van der Waals surface area contributed by atoms with Crippen molar-refractivity contribution in [1.82, 2.24) is 24.7 Å². The average molecular weight is 358 g/mol. The van der Waals surface area contributed by atoms with Crippen molar-refractivity contribution in [2.24, 2.45) is 0 Å². The predicted octanol–water partition coefficient (Wildman–Crippen LogP) is 0.881. The lowest BCUT2D eigenvalue weighted by atomic mass is 10.3. The van der Waals surface area contributed by atoms with Crippen molar-refractivity contribution in [3.05, 3.63) is 41.6 Å². The SMILES string of the molecule is O=C(Cc1cn2ccsc2n1)NCc1cc(N2CCOCC2)ncn1. The molecule has 0 unspecified atom stereocenters. The zero-order chi connectivity index (χ0) is 17.1. The van der Waals surface area contributed by atoms with E-state index < -0.39 is 0 Å². The smallest absolute Gasteiger partial charge is 0.226 e. The molecule has 1 aliphatic rings. The van der Waals surface area contributed by atoms with Gasteiger partial charge in [0.2, 0.25) is 5.91 Å². The van der Waals surface area contributed by atoms with Crippen molar-refractivity contribution in [2.75, 3.05) is 31.2 Å². The summed E-state index contributed by atoms with van der Waals surface area (Å²) < 4.78 is 7.28. The summed E-state index contributed by atoms with van der Waals surface area (Å²) in [5.74, 6) is 0.800. The monoisotopic (exact) mass is 358 g/mol. The van der Waals surface area contributed by atoms with Crippen molar-refractivity contribution in [1.29, 1.82) is 0 Å². The summed E-state index contributed by atoms with van der Waals surface area (Å²) in [6, 6.07) is 1.91. The Kier molecular flexibility index (Phi) is 4.57. The van der Waals surface area contributed by atoms with E-state index in [1.807, 2.05) is 28.2 Å². The maximum atomic E-state index is 12.1. The predicted molar refractivity (Wildman–Crippen MR) is 93.7 cm³/mol. The number of hydrogen-bond acceptors (Lipinski definition) is 7. The van der Waals surface area contributed by atoms with Gasteiger partial charge in [-0.1, -0.05) is 0 Å². The molecule has 1 saturated heterocycles. The molecule has 9 heteroatoms. The summed E-state index contributed by atoms with van der Waals surface area (Å²) in [7, 11) is 0. The number of hydrogen-bond donors (Lipinski definition) is 1. The van der Waals surface area contributed by atoms with Gasteiger partial charge in [0.05, 0.1) is 37.6 Å². The summed E-state index contributed by atoms with van der Waals surface area (Å²) in [5.41, 5.74) is 1.55. The molecule has 0 saturated carbocycles. The number of morpholine rings is 1. The van der Waals surface area contributed by atoms with Gasteiger partial charge in [-0.15, -0.1) is 11.3 Å². The maximum Gasteiger partial charge on any atom is 0.226 e. The first kappa shape index (κ1) is 16.0. The van der Waals surface area contributed by atoms with E-state index in [9.17, 15) is 4.79 Å². The number of anilines is 1. The lowest BCUT2D eigenvalue weighted by Gasteiger charge is -2.27. The van der Waals surface area contributed by atoms with E-state index in [4.69, 9.17) is 4.74 Å². The van der Waals surface area contributed by atoms with Crippen molar-refractivity contribution in [3.63, 3.8) is 0 Å². The number of thiazole rings is 1. The van der Waals surface area contributed by atoms with Crippen LogP contribution in [0, 0.1) is 0 Å². The van der Waals surface area contributed by atoms with Crippen LogP contribution >= 0.6 is 11.3 Å². The Morgan fingerprint density at radius 1 is 1.28 bits per heavy atom. The van der Waals surface area contributed by atoms with Gasteiger partial charge >= 0.3 is 0 Å². The number of aromatic nitrogens is 4. The fourth-order valence-electron chi connectivity index (χ4n) is 2.73. The molecule has 0 aliphatic carbocycles. The number of fused-ring (bicyclic) bond motifs is 1. The highest BCUT2D eigenvalue weighted by Crippen LogP contribution is 2.13. The Morgan fingerprint density at radius 2 is 2.16 bits per heavy atom. The molecule has 0 radical (unpaired) electrons. The van der Waals surface area contributed by atoms with Crippen LogP contribution in [0.25, 0.3) is 4.96 Å². The van der Waals surface area contributed by atoms with Gasteiger partial charge in [0, 0.05) is 36.9 Å². The zero-order valence-electron chi connectivity index (χ0n) is 13.6. The van der Waals surface area contributed by atoms with Crippen LogP contribution in [0.4, 0.5) is 5.82 Å². The van der Waals surface area contributed by atoms with E-state index >= 15 is 0 Å². The number of rotatable bonds is 5. The van der Waals surface area contributed by atoms with Crippen molar-refractivity contribution in [2.45, 2.75) is 13.0 Å². The number of imidazole rings is 1. The lowest BCUT2D eigenvalue weighted by molar-refractivity contribution is -0.120. The lowest BCUT2D eigenvalue weighted by Crippen LogP contribution is -2.37. The molecule has 0 atom stereocenters. The third-order valence-electron chi connectivity index (χ3n) is 4.00. The average Bonchev–Trinajstić information content (AvgIpc) is 3.22. The van der Waals surface area contributed by atoms with Gasteiger partial charge in [0.1, 0.15) is 12.1 Å². The molecular formula is C16H18N6O2S. The largest absolute Gasteiger partial charge is 0.378 e. The van der Waals surface area contributed by atoms with Crippen LogP contribution in [0.15, 0.2) is 30.2 Å². The fourth-order valence-corrected chi connectivity index (χ4v) is 3.44. The molecule has 3 aromatic heterocycles. The molecule has 1 N–H and O–H groups in total. The number of ether oxygens (including phenoxy) is 1. The molecule has 130 valence electrons. The normalized spacial score (nSPS) is 14.8. The minimum absolute atomic E-state index is 0.0720. The molecule has 3 aromatic rings. The number of carbonyl (C=O) groups excluding carboxylic acids is 1. The molecule has 25 heavy (non-hydrogen) atoms. The van der Waals surface area contributed by atoms with Crippen molar-refractivity contribution < 1.29 is 9.53 Å². The van der Waals surface area contributed by atoms with Gasteiger partial charge in [-0.3, -0.25) is 9.20 Å². The first-order valence-corrected chi connectivity index (χ1v) is 8.97.